The molecule has 0 saturated heterocycles. The van der Waals surface area contributed by atoms with E-state index in [1.165, 1.54) is 24.3 Å². The fourth-order valence-corrected chi connectivity index (χ4v) is 4.31. The molecule has 0 radical (unpaired) electrons. The van der Waals surface area contributed by atoms with Gasteiger partial charge in [0.15, 0.2) is 0 Å². The van der Waals surface area contributed by atoms with Gasteiger partial charge in [0, 0.05) is 22.1 Å². The van der Waals surface area contributed by atoms with Gasteiger partial charge in [0.25, 0.3) is 0 Å². The molecule has 8 nitrogen and oxygen atoms in total. The third kappa shape index (κ3) is 5.81. The summed E-state index contributed by atoms with van der Waals surface area (Å²) in [6.45, 7) is 0. The number of hydrogen-bond donors (Lipinski definition) is 6. The maximum atomic E-state index is 8.74. The summed E-state index contributed by atoms with van der Waals surface area (Å²) in [4.78, 5) is 16.0. The first-order valence-corrected chi connectivity index (χ1v) is 12.7. The van der Waals surface area contributed by atoms with Crippen LogP contribution in [0.4, 0.5) is 0 Å². The first-order valence-electron chi connectivity index (χ1n) is 10.5. The Hall–Kier alpha value is -3.85. The van der Waals surface area contributed by atoms with E-state index in [4.69, 9.17) is 17.0 Å². The molecule has 0 aliphatic carbocycles. The van der Waals surface area contributed by atoms with Crippen molar-refractivity contribution in [1.29, 1.82) is 0 Å². The van der Waals surface area contributed by atoms with Crippen LogP contribution in [0.5, 0.6) is 0 Å². The third-order valence-electron chi connectivity index (χ3n) is 5.08. The van der Waals surface area contributed by atoms with E-state index < -0.39 is 12.6 Å². The van der Waals surface area contributed by atoms with E-state index in [2.05, 4.69) is 44.2 Å². The van der Waals surface area contributed by atoms with Crippen molar-refractivity contribution in [3.05, 3.63) is 102 Å². The molecular formula is C26H23N4NiO4. The first-order chi connectivity index (χ1) is 16.7. The van der Waals surface area contributed by atoms with Crippen molar-refractivity contribution in [2.24, 2.45) is 0 Å². The molecule has 1 aromatic carbocycles. The van der Waals surface area contributed by atoms with Crippen LogP contribution in [0.2, 0.25) is 0 Å². The number of hydrogen-bond acceptors (Lipinski definition) is 6. The zero-order chi connectivity index (χ0) is 24.5. The second-order valence-electron chi connectivity index (χ2n) is 7.83. The predicted octanol–water partition coefficient (Wildman–Crippen LogP) is 3.29. The van der Waals surface area contributed by atoms with Gasteiger partial charge in [-0.1, -0.05) is 0 Å². The van der Waals surface area contributed by atoms with E-state index in [0.29, 0.717) is 0 Å². The standard InChI is InChI=1S/C20H14N4.C6H5.Ni.4H2O/c1-2-14-10-16-5-6-18(23-16)12-20-8-7-19(24-20)11-17-4-3-15(22-17)9-13(1)21-14;1-2-4-6-5-3-1;;;;;/h1-12,21,24H;1-5H;;4*1H2/q;;+4;;;;/p-4. The summed E-state index contributed by atoms with van der Waals surface area (Å²) in [7, 11) is 0. The summed E-state index contributed by atoms with van der Waals surface area (Å²) in [5.74, 6) is 0. The monoisotopic (exact) mass is 513 g/mol. The molecule has 4 aromatic rings. The molecule has 8 bridgehead atoms. The summed E-state index contributed by atoms with van der Waals surface area (Å²) < 4.78 is 34.7. The van der Waals surface area contributed by atoms with Crippen LogP contribution < -0.4 is 4.53 Å². The molecule has 0 amide bonds. The average Bonchev–Trinajstić information content (AvgIpc) is 3.60. The Kier molecular flexibility index (Phi) is 5.72. The van der Waals surface area contributed by atoms with Crippen molar-refractivity contribution in [3.8, 4) is 0 Å². The second-order valence-corrected chi connectivity index (χ2v) is 10.5. The summed E-state index contributed by atoms with van der Waals surface area (Å²) >= 11 is -5.35. The SMILES string of the molecule is C1=Cc2cc3ccc(cc4nc(cc5ccc(cc1n2)[nH]5)C=C4)[nH]3.[OH][Ni]([OH])([OH])([OH])[c]1ccccc1. The number of rotatable bonds is 1. The molecular weight excluding hydrogens is 491 g/mol. The molecule has 181 valence electrons. The van der Waals surface area contributed by atoms with Crippen LogP contribution in [-0.4, -0.2) is 36.9 Å². The molecule has 2 aliphatic heterocycles. The van der Waals surface area contributed by atoms with Gasteiger partial charge < -0.3 is 9.97 Å². The number of H-pyrrole nitrogens is 2. The second kappa shape index (κ2) is 8.74. The zero-order valence-electron chi connectivity index (χ0n) is 18.3. The summed E-state index contributed by atoms with van der Waals surface area (Å²) in [5, 5.41) is 0. The molecule has 0 saturated carbocycles. The van der Waals surface area contributed by atoms with Gasteiger partial charge >= 0.3 is 64.5 Å². The van der Waals surface area contributed by atoms with Gasteiger partial charge in [-0.3, -0.25) is 0 Å². The van der Waals surface area contributed by atoms with Crippen molar-refractivity contribution in [3.63, 3.8) is 0 Å². The van der Waals surface area contributed by atoms with E-state index >= 15 is 0 Å². The fraction of sp³-hybridized carbons (Fsp3) is 0. The minimum atomic E-state index is -5.35. The number of fused-ring (bicyclic) bond motifs is 8. The molecule has 9 heteroatoms. The van der Waals surface area contributed by atoms with Gasteiger partial charge in [-0.15, -0.1) is 0 Å². The molecule has 6 N–H and O–H groups in total. The molecule has 0 atom stereocenters. The number of nitrogens with one attached hydrogen (secondary N) is 2. The van der Waals surface area contributed by atoms with Crippen molar-refractivity contribution < 1.29 is 29.6 Å². The van der Waals surface area contributed by atoms with E-state index in [-0.39, 0.29) is 4.53 Å². The van der Waals surface area contributed by atoms with Crippen LogP contribution >= 0.6 is 0 Å². The molecule has 5 heterocycles. The number of nitrogens with zero attached hydrogens (tertiary/aromatic N) is 2. The van der Waals surface area contributed by atoms with Crippen molar-refractivity contribution in [1.82, 2.24) is 19.9 Å². The Morgan fingerprint density at radius 3 is 1.11 bits per heavy atom. The van der Waals surface area contributed by atoms with Gasteiger partial charge in [-0.2, -0.15) is 0 Å². The van der Waals surface area contributed by atoms with Gasteiger partial charge in [0.2, 0.25) is 0 Å². The van der Waals surface area contributed by atoms with Crippen molar-refractivity contribution in [2.45, 2.75) is 0 Å². The van der Waals surface area contributed by atoms with Crippen LogP contribution in [0.15, 0.2) is 78.9 Å². The fourth-order valence-electron chi connectivity index (χ4n) is 3.53. The Balaban J connectivity index is 0.000000195. The molecule has 3 aromatic heterocycles. The zero-order valence-corrected chi connectivity index (χ0v) is 19.3. The van der Waals surface area contributed by atoms with Crippen molar-refractivity contribution >= 4 is 50.9 Å². The van der Waals surface area contributed by atoms with E-state index in [0.717, 1.165) is 44.8 Å². The molecule has 0 fully saturated rings. The predicted molar refractivity (Wildman–Crippen MR) is 134 cm³/mol. The van der Waals surface area contributed by atoms with E-state index in [1.54, 1.807) is 6.07 Å². The molecule has 0 spiro atoms. The summed E-state index contributed by atoms with van der Waals surface area (Å²) in [5.41, 5.74) is 7.86. The van der Waals surface area contributed by atoms with Gasteiger partial charge in [0.05, 0.1) is 22.8 Å². The van der Waals surface area contributed by atoms with Crippen LogP contribution in [-0.2, 0) is 12.6 Å². The quantitative estimate of drug-likeness (QED) is 0.186. The normalized spacial score (nSPS) is 13.5. The summed E-state index contributed by atoms with van der Waals surface area (Å²) in [6.07, 6.45) is 8.09. The van der Waals surface area contributed by atoms with Gasteiger partial charge in [-0.25, -0.2) is 9.97 Å². The Morgan fingerprint density at radius 2 is 0.829 bits per heavy atom. The number of benzene rings is 1. The average molecular weight is 514 g/mol. The van der Waals surface area contributed by atoms with Gasteiger partial charge in [-0.05, 0) is 72.8 Å². The van der Waals surface area contributed by atoms with E-state index in [1.807, 2.05) is 48.6 Å². The number of aromatic amines is 2. The molecule has 2 aliphatic rings. The Bertz CT molecular complexity index is 1430. The Labute approximate surface area is 202 Å². The minimum absolute atomic E-state index is 0.279. The third-order valence-corrected chi connectivity index (χ3v) is 6.43. The maximum absolute atomic E-state index is 8.74. The molecule has 35 heavy (non-hydrogen) atoms. The van der Waals surface area contributed by atoms with Gasteiger partial charge in [0.1, 0.15) is 0 Å². The summed E-state index contributed by atoms with van der Waals surface area (Å²) in [6, 6.07) is 23.4. The number of aromatic nitrogens is 4. The van der Waals surface area contributed by atoms with E-state index in [9.17, 15) is 0 Å². The van der Waals surface area contributed by atoms with Crippen LogP contribution in [0.25, 0.3) is 46.4 Å². The van der Waals surface area contributed by atoms with Crippen LogP contribution in [0.1, 0.15) is 22.8 Å². The topological polar surface area (TPSA) is 138 Å². The molecule has 6 rings (SSSR count). The van der Waals surface area contributed by atoms with Crippen LogP contribution in [0, 0.1) is 0 Å². The van der Waals surface area contributed by atoms with Crippen molar-refractivity contribution in [2.75, 3.05) is 0 Å². The molecule has 0 unspecified atom stereocenters. The first kappa shape index (κ1) is 22.9. The van der Waals surface area contributed by atoms with Crippen LogP contribution in [0.3, 0.4) is 0 Å². The Morgan fingerprint density at radius 1 is 0.486 bits per heavy atom.